The number of carbonyl (C=O) groups is 1. The first kappa shape index (κ1) is 11.2. The van der Waals surface area contributed by atoms with Crippen LogP contribution in [0.4, 0.5) is 0 Å². The third kappa shape index (κ3) is 2.64. The molecule has 0 saturated heterocycles. The normalized spacial score (nSPS) is 25.5. The highest BCUT2D eigenvalue weighted by molar-refractivity contribution is 5.71. The van der Waals surface area contributed by atoms with Gasteiger partial charge in [0.25, 0.3) is 0 Å². The van der Waals surface area contributed by atoms with Gasteiger partial charge in [0.2, 0.25) is 0 Å². The standard InChI is InChI=1S/C12H17NO3/c14-12(15)10-5-1-2-6-11(10)13-8-9-4-3-7-16-9/h3-4,7,10-11,13H,1-2,5-6,8H2,(H,14,15)/t10-,11+/m1/s1. The van der Waals surface area contributed by atoms with E-state index >= 15 is 0 Å². The van der Waals surface area contributed by atoms with E-state index in [9.17, 15) is 4.79 Å². The highest BCUT2D eigenvalue weighted by Gasteiger charge is 2.30. The molecule has 1 heterocycles. The van der Waals surface area contributed by atoms with Crippen molar-refractivity contribution in [1.29, 1.82) is 0 Å². The molecule has 0 aliphatic heterocycles. The van der Waals surface area contributed by atoms with E-state index < -0.39 is 5.97 Å². The summed E-state index contributed by atoms with van der Waals surface area (Å²) in [5, 5.41) is 12.4. The number of carboxylic acids is 1. The maximum atomic E-state index is 11.1. The van der Waals surface area contributed by atoms with Gasteiger partial charge < -0.3 is 14.8 Å². The average molecular weight is 223 g/mol. The van der Waals surface area contributed by atoms with Crippen LogP contribution < -0.4 is 5.32 Å². The van der Waals surface area contributed by atoms with Crippen LogP contribution in [-0.2, 0) is 11.3 Å². The lowest BCUT2D eigenvalue weighted by atomic mass is 9.84. The molecule has 1 aromatic heterocycles. The molecule has 1 fully saturated rings. The van der Waals surface area contributed by atoms with E-state index in [-0.39, 0.29) is 12.0 Å². The zero-order chi connectivity index (χ0) is 11.4. The van der Waals surface area contributed by atoms with Gasteiger partial charge in [-0.2, -0.15) is 0 Å². The molecule has 0 radical (unpaired) electrons. The second-order valence-corrected chi connectivity index (χ2v) is 4.30. The summed E-state index contributed by atoms with van der Waals surface area (Å²) in [5.41, 5.74) is 0. The van der Waals surface area contributed by atoms with Crippen molar-refractivity contribution in [3.63, 3.8) is 0 Å². The van der Waals surface area contributed by atoms with Gasteiger partial charge in [0.15, 0.2) is 0 Å². The molecule has 16 heavy (non-hydrogen) atoms. The average Bonchev–Trinajstić information content (AvgIpc) is 2.79. The topological polar surface area (TPSA) is 62.5 Å². The fourth-order valence-electron chi connectivity index (χ4n) is 2.32. The molecule has 0 unspecified atom stereocenters. The molecule has 4 heteroatoms. The van der Waals surface area contributed by atoms with Gasteiger partial charge in [-0.05, 0) is 25.0 Å². The number of rotatable bonds is 4. The Kier molecular flexibility index (Phi) is 3.62. The Hall–Kier alpha value is -1.29. The van der Waals surface area contributed by atoms with E-state index in [1.54, 1.807) is 6.26 Å². The van der Waals surface area contributed by atoms with Gasteiger partial charge in [0.1, 0.15) is 5.76 Å². The van der Waals surface area contributed by atoms with E-state index in [4.69, 9.17) is 9.52 Å². The Morgan fingerprint density at radius 1 is 1.50 bits per heavy atom. The van der Waals surface area contributed by atoms with Crippen LogP contribution >= 0.6 is 0 Å². The van der Waals surface area contributed by atoms with Gasteiger partial charge in [0, 0.05) is 6.04 Å². The number of aliphatic carboxylic acids is 1. The van der Waals surface area contributed by atoms with Crippen LogP contribution in [0, 0.1) is 5.92 Å². The van der Waals surface area contributed by atoms with E-state index in [0.29, 0.717) is 6.54 Å². The zero-order valence-corrected chi connectivity index (χ0v) is 9.19. The lowest BCUT2D eigenvalue weighted by Gasteiger charge is -2.29. The monoisotopic (exact) mass is 223 g/mol. The summed E-state index contributed by atoms with van der Waals surface area (Å²) < 4.78 is 5.21. The van der Waals surface area contributed by atoms with Crippen LogP contribution in [0.2, 0.25) is 0 Å². The summed E-state index contributed by atoms with van der Waals surface area (Å²) >= 11 is 0. The summed E-state index contributed by atoms with van der Waals surface area (Å²) in [6.45, 7) is 0.613. The number of nitrogens with one attached hydrogen (secondary N) is 1. The van der Waals surface area contributed by atoms with Crippen molar-refractivity contribution in [3.8, 4) is 0 Å². The lowest BCUT2D eigenvalue weighted by molar-refractivity contribution is -0.143. The Morgan fingerprint density at radius 2 is 2.31 bits per heavy atom. The molecule has 2 atom stereocenters. The van der Waals surface area contributed by atoms with Gasteiger partial charge in [0.05, 0.1) is 18.7 Å². The molecule has 1 aromatic rings. The quantitative estimate of drug-likeness (QED) is 0.819. The molecular formula is C12H17NO3. The van der Waals surface area contributed by atoms with Crippen LogP contribution in [0.15, 0.2) is 22.8 Å². The zero-order valence-electron chi connectivity index (χ0n) is 9.19. The van der Waals surface area contributed by atoms with Crippen molar-refractivity contribution in [2.45, 2.75) is 38.3 Å². The van der Waals surface area contributed by atoms with Gasteiger partial charge >= 0.3 is 5.97 Å². The Labute approximate surface area is 94.6 Å². The van der Waals surface area contributed by atoms with Crippen molar-refractivity contribution < 1.29 is 14.3 Å². The second-order valence-electron chi connectivity index (χ2n) is 4.30. The van der Waals surface area contributed by atoms with Crippen LogP contribution in [0.5, 0.6) is 0 Å². The van der Waals surface area contributed by atoms with E-state index in [0.717, 1.165) is 31.4 Å². The van der Waals surface area contributed by atoms with E-state index in [1.165, 1.54) is 0 Å². The maximum Gasteiger partial charge on any atom is 0.308 e. The largest absolute Gasteiger partial charge is 0.481 e. The predicted molar refractivity (Wildman–Crippen MR) is 58.9 cm³/mol. The number of furan rings is 1. The lowest BCUT2D eigenvalue weighted by Crippen LogP contribution is -2.41. The van der Waals surface area contributed by atoms with Gasteiger partial charge in [-0.1, -0.05) is 12.8 Å². The third-order valence-electron chi connectivity index (χ3n) is 3.20. The minimum Gasteiger partial charge on any atom is -0.481 e. The summed E-state index contributed by atoms with van der Waals surface area (Å²) in [7, 11) is 0. The Morgan fingerprint density at radius 3 is 3.00 bits per heavy atom. The summed E-state index contributed by atoms with van der Waals surface area (Å²) in [5.74, 6) is -0.0740. The Balaban J connectivity index is 1.89. The van der Waals surface area contributed by atoms with Crippen LogP contribution in [0.1, 0.15) is 31.4 Å². The molecule has 0 amide bonds. The first-order valence-corrected chi connectivity index (χ1v) is 5.76. The SMILES string of the molecule is O=C(O)[C@@H]1CCCC[C@@H]1NCc1ccco1. The van der Waals surface area contributed by atoms with Crippen molar-refractivity contribution >= 4 is 5.97 Å². The molecule has 0 spiro atoms. The summed E-state index contributed by atoms with van der Waals surface area (Å²) in [6.07, 6.45) is 5.49. The molecule has 1 saturated carbocycles. The van der Waals surface area contributed by atoms with Crippen molar-refractivity contribution in [3.05, 3.63) is 24.2 Å². The molecule has 2 rings (SSSR count). The fraction of sp³-hybridized carbons (Fsp3) is 0.583. The van der Waals surface area contributed by atoms with Crippen molar-refractivity contribution in [1.82, 2.24) is 5.32 Å². The smallest absolute Gasteiger partial charge is 0.308 e. The fourth-order valence-corrected chi connectivity index (χ4v) is 2.32. The third-order valence-corrected chi connectivity index (χ3v) is 3.20. The first-order chi connectivity index (χ1) is 7.77. The minimum atomic E-state index is -0.684. The Bertz CT molecular complexity index is 334. The molecule has 2 N–H and O–H groups in total. The van der Waals surface area contributed by atoms with Crippen LogP contribution in [0.25, 0.3) is 0 Å². The van der Waals surface area contributed by atoms with Gasteiger partial charge in [-0.15, -0.1) is 0 Å². The number of hydrogen-bond donors (Lipinski definition) is 2. The first-order valence-electron chi connectivity index (χ1n) is 5.76. The van der Waals surface area contributed by atoms with Crippen molar-refractivity contribution in [2.24, 2.45) is 5.92 Å². The maximum absolute atomic E-state index is 11.1. The molecular weight excluding hydrogens is 206 g/mol. The highest BCUT2D eigenvalue weighted by Crippen LogP contribution is 2.24. The van der Waals surface area contributed by atoms with Gasteiger partial charge in [-0.3, -0.25) is 4.79 Å². The van der Waals surface area contributed by atoms with E-state index in [1.807, 2.05) is 12.1 Å². The van der Waals surface area contributed by atoms with Crippen LogP contribution in [-0.4, -0.2) is 17.1 Å². The molecule has 0 aromatic carbocycles. The molecule has 0 bridgehead atoms. The minimum absolute atomic E-state index is 0.0800. The number of carboxylic acid groups (broad SMARTS) is 1. The summed E-state index contributed by atoms with van der Waals surface area (Å²) in [4.78, 5) is 11.1. The second kappa shape index (κ2) is 5.16. The molecule has 1 aliphatic carbocycles. The molecule has 4 nitrogen and oxygen atoms in total. The van der Waals surface area contributed by atoms with Gasteiger partial charge in [-0.25, -0.2) is 0 Å². The molecule has 88 valence electrons. The molecule has 1 aliphatic rings. The summed E-state index contributed by atoms with van der Waals surface area (Å²) in [6, 6.07) is 3.81. The predicted octanol–water partition coefficient (Wildman–Crippen LogP) is 2.01. The van der Waals surface area contributed by atoms with Crippen molar-refractivity contribution in [2.75, 3.05) is 0 Å². The highest BCUT2D eigenvalue weighted by atomic mass is 16.4. The van der Waals surface area contributed by atoms with Crippen LogP contribution in [0.3, 0.4) is 0 Å². The van der Waals surface area contributed by atoms with E-state index in [2.05, 4.69) is 5.32 Å². The number of hydrogen-bond acceptors (Lipinski definition) is 3.